The zero-order chi connectivity index (χ0) is 20.1. The lowest BCUT2D eigenvalue weighted by Gasteiger charge is -2.30. The van der Waals surface area contributed by atoms with Gasteiger partial charge in [-0.15, -0.1) is 11.8 Å². The minimum Gasteiger partial charge on any atom is -0.463 e. The molecule has 0 fully saturated rings. The van der Waals surface area contributed by atoms with Crippen LogP contribution in [0.3, 0.4) is 0 Å². The van der Waals surface area contributed by atoms with Crippen LogP contribution < -0.4 is 0 Å². The molecule has 0 rings (SSSR count). The van der Waals surface area contributed by atoms with Crippen molar-refractivity contribution in [2.45, 2.75) is 46.0 Å². The maximum absolute atomic E-state index is 12.6. The van der Waals surface area contributed by atoms with Crippen molar-refractivity contribution in [3.63, 3.8) is 0 Å². The van der Waals surface area contributed by atoms with E-state index in [0.717, 1.165) is 0 Å². The SMILES string of the molecule is CSC(CF)=NCCO[C@H](COC(C)=O)[C@@H](OC(C)=O)[C@@H](C)OC(C)=O. The number of aliphatic imine (C=N–C) groups is 1. The largest absolute Gasteiger partial charge is 0.463 e. The van der Waals surface area contributed by atoms with Gasteiger partial charge in [0.1, 0.15) is 25.5 Å². The molecule has 150 valence electrons. The van der Waals surface area contributed by atoms with Gasteiger partial charge in [0.25, 0.3) is 0 Å². The first kappa shape index (κ1) is 24.3. The summed E-state index contributed by atoms with van der Waals surface area (Å²) in [6, 6.07) is 0. The number of hydrogen-bond donors (Lipinski definition) is 0. The molecule has 0 saturated heterocycles. The van der Waals surface area contributed by atoms with Crippen molar-refractivity contribution in [3.8, 4) is 0 Å². The molecule has 0 radical (unpaired) electrons. The standard InChI is InChI=1S/C16H26FNO7S/c1-10(24-12(3)20)16(25-13(4)21)14(9-23-11(2)19)22-7-6-18-15(8-17)26-5/h10,14,16H,6-9H2,1-5H3/t10-,14-,16+/m1/s1. The van der Waals surface area contributed by atoms with Crippen molar-refractivity contribution < 1.29 is 37.7 Å². The Kier molecular flexibility index (Phi) is 12.6. The Morgan fingerprint density at radius 3 is 2.15 bits per heavy atom. The average Bonchev–Trinajstić information content (AvgIpc) is 2.54. The van der Waals surface area contributed by atoms with E-state index >= 15 is 0 Å². The first-order valence-electron chi connectivity index (χ1n) is 7.93. The van der Waals surface area contributed by atoms with Crippen molar-refractivity contribution in [3.05, 3.63) is 0 Å². The third kappa shape index (κ3) is 11.0. The molecule has 8 nitrogen and oxygen atoms in total. The summed E-state index contributed by atoms with van der Waals surface area (Å²) in [4.78, 5) is 37.7. The number of carbonyl (C=O) groups excluding carboxylic acids is 3. The van der Waals surface area contributed by atoms with Crippen LogP contribution in [0.2, 0.25) is 0 Å². The van der Waals surface area contributed by atoms with Gasteiger partial charge in [0, 0.05) is 20.8 Å². The Morgan fingerprint density at radius 1 is 1.08 bits per heavy atom. The number of nitrogens with zero attached hydrogens (tertiary/aromatic N) is 1. The summed E-state index contributed by atoms with van der Waals surface area (Å²) in [5.41, 5.74) is 0. The minimum absolute atomic E-state index is 0.0700. The van der Waals surface area contributed by atoms with Gasteiger partial charge in [-0.05, 0) is 13.2 Å². The molecular weight excluding hydrogens is 369 g/mol. The van der Waals surface area contributed by atoms with Crippen LogP contribution in [0.1, 0.15) is 27.7 Å². The molecule has 0 aliphatic heterocycles. The fourth-order valence-corrected chi connectivity index (χ4v) is 2.30. The molecule has 0 unspecified atom stereocenters. The molecule has 0 aromatic carbocycles. The molecule has 10 heteroatoms. The Morgan fingerprint density at radius 2 is 1.69 bits per heavy atom. The molecule has 26 heavy (non-hydrogen) atoms. The molecule has 0 aromatic heterocycles. The van der Waals surface area contributed by atoms with Crippen molar-refractivity contribution in [1.82, 2.24) is 0 Å². The predicted molar refractivity (Wildman–Crippen MR) is 94.9 cm³/mol. The summed E-state index contributed by atoms with van der Waals surface area (Å²) in [5.74, 6) is -1.70. The minimum atomic E-state index is -0.985. The number of alkyl halides is 1. The number of thioether (sulfide) groups is 1. The average molecular weight is 395 g/mol. The van der Waals surface area contributed by atoms with Gasteiger partial charge >= 0.3 is 17.9 Å². The molecular formula is C16H26FNO7S. The quantitative estimate of drug-likeness (QED) is 0.171. The number of hydrogen-bond acceptors (Lipinski definition) is 9. The van der Waals surface area contributed by atoms with Crippen molar-refractivity contribution in [2.24, 2.45) is 4.99 Å². The van der Waals surface area contributed by atoms with Gasteiger partial charge in [0.15, 0.2) is 6.10 Å². The van der Waals surface area contributed by atoms with Gasteiger partial charge in [0.2, 0.25) is 0 Å². The number of rotatable bonds is 11. The predicted octanol–water partition coefficient (Wildman–Crippen LogP) is 1.55. The van der Waals surface area contributed by atoms with Crippen LogP contribution in [0, 0.1) is 0 Å². The monoisotopic (exact) mass is 395 g/mol. The first-order chi connectivity index (χ1) is 12.2. The fourth-order valence-electron chi connectivity index (χ4n) is 1.97. The van der Waals surface area contributed by atoms with E-state index in [4.69, 9.17) is 18.9 Å². The zero-order valence-electron chi connectivity index (χ0n) is 15.7. The summed E-state index contributed by atoms with van der Waals surface area (Å²) in [5, 5.41) is 0.329. The smallest absolute Gasteiger partial charge is 0.303 e. The highest BCUT2D eigenvalue weighted by Gasteiger charge is 2.33. The topological polar surface area (TPSA) is 100 Å². The van der Waals surface area contributed by atoms with Crippen LogP contribution in [-0.2, 0) is 33.3 Å². The van der Waals surface area contributed by atoms with Crippen LogP contribution in [0.5, 0.6) is 0 Å². The van der Waals surface area contributed by atoms with E-state index in [1.54, 1.807) is 6.26 Å². The Labute approximate surface area is 156 Å². The zero-order valence-corrected chi connectivity index (χ0v) is 16.5. The highest BCUT2D eigenvalue weighted by Crippen LogP contribution is 2.14. The van der Waals surface area contributed by atoms with Crippen molar-refractivity contribution in [2.75, 3.05) is 32.7 Å². The molecule has 0 aliphatic rings. The van der Waals surface area contributed by atoms with Gasteiger partial charge in [-0.1, -0.05) is 0 Å². The van der Waals surface area contributed by atoms with E-state index < -0.39 is 42.9 Å². The van der Waals surface area contributed by atoms with E-state index in [0.29, 0.717) is 5.04 Å². The molecule has 0 saturated carbocycles. The van der Waals surface area contributed by atoms with Gasteiger partial charge < -0.3 is 18.9 Å². The highest BCUT2D eigenvalue weighted by molar-refractivity contribution is 8.13. The second kappa shape index (κ2) is 13.5. The normalized spacial score (nSPS) is 14.9. The number of carbonyl (C=O) groups is 3. The van der Waals surface area contributed by atoms with Crippen molar-refractivity contribution in [1.29, 1.82) is 0 Å². The summed E-state index contributed by atoms with van der Waals surface area (Å²) < 4.78 is 33.4. The van der Waals surface area contributed by atoms with E-state index in [2.05, 4.69) is 4.99 Å². The van der Waals surface area contributed by atoms with Crippen LogP contribution in [-0.4, -0.2) is 74.0 Å². The van der Waals surface area contributed by atoms with E-state index in [-0.39, 0.29) is 19.8 Å². The van der Waals surface area contributed by atoms with Crippen LogP contribution in [0.25, 0.3) is 0 Å². The summed E-state index contributed by atoms with van der Waals surface area (Å²) in [6.45, 7) is 4.55. The summed E-state index contributed by atoms with van der Waals surface area (Å²) in [6.07, 6.45) is -0.982. The third-order valence-corrected chi connectivity index (χ3v) is 3.70. The molecule has 0 aliphatic carbocycles. The number of esters is 3. The van der Waals surface area contributed by atoms with Gasteiger partial charge in [-0.3, -0.25) is 19.4 Å². The molecule has 0 N–H and O–H groups in total. The number of halogens is 1. The second-order valence-corrected chi connectivity index (χ2v) is 6.09. The lowest BCUT2D eigenvalue weighted by atomic mass is 10.1. The molecule has 0 aromatic rings. The van der Waals surface area contributed by atoms with Gasteiger partial charge in [-0.25, -0.2) is 4.39 Å². The molecule has 3 atom stereocenters. The first-order valence-corrected chi connectivity index (χ1v) is 9.16. The maximum atomic E-state index is 12.6. The van der Waals surface area contributed by atoms with Crippen LogP contribution >= 0.6 is 11.8 Å². The Bertz CT molecular complexity index is 495. The summed E-state index contributed by atoms with van der Waals surface area (Å²) in [7, 11) is 0. The van der Waals surface area contributed by atoms with Crippen LogP contribution in [0.4, 0.5) is 4.39 Å². The lowest BCUT2D eigenvalue weighted by Crippen LogP contribution is -2.45. The van der Waals surface area contributed by atoms with E-state index in [1.807, 2.05) is 0 Å². The van der Waals surface area contributed by atoms with Gasteiger partial charge in [-0.2, -0.15) is 0 Å². The fraction of sp³-hybridized carbons (Fsp3) is 0.750. The number of ether oxygens (including phenoxy) is 4. The maximum Gasteiger partial charge on any atom is 0.303 e. The highest BCUT2D eigenvalue weighted by atomic mass is 32.2. The lowest BCUT2D eigenvalue weighted by molar-refractivity contribution is -0.182. The molecule has 0 spiro atoms. The van der Waals surface area contributed by atoms with Crippen molar-refractivity contribution >= 4 is 34.7 Å². The molecule has 0 heterocycles. The second-order valence-electron chi connectivity index (χ2n) is 5.21. The van der Waals surface area contributed by atoms with E-state index in [9.17, 15) is 18.8 Å². The summed E-state index contributed by atoms with van der Waals surface area (Å²) >= 11 is 1.19. The Hall–Kier alpha value is -1.68. The Balaban J connectivity index is 5.09. The van der Waals surface area contributed by atoms with Crippen LogP contribution in [0.15, 0.2) is 4.99 Å². The molecule has 0 bridgehead atoms. The molecule has 0 amide bonds. The van der Waals surface area contributed by atoms with Gasteiger partial charge in [0.05, 0.1) is 18.2 Å². The third-order valence-electron chi connectivity index (χ3n) is 3.00. The van der Waals surface area contributed by atoms with E-state index in [1.165, 1.54) is 39.5 Å².